The van der Waals surface area contributed by atoms with Gasteiger partial charge >= 0.3 is 0 Å². The fourth-order valence-corrected chi connectivity index (χ4v) is 3.31. The molecule has 1 unspecified atom stereocenters. The Morgan fingerprint density at radius 3 is 2.44 bits per heavy atom. The maximum atomic E-state index is 12.9. The average molecular weight is 345 g/mol. The summed E-state index contributed by atoms with van der Waals surface area (Å²) in [5.74, 6) is 0.227. The second-order valence-corrected chi connectivity index (χ2v) is 7.19. The zero-order chi connectivity index (χ0) is 18.4. The van der Waals surface area contributed by atoms with Crippen molar-refractivity contribution in [2.24, 2.45) is 5.92 Å². The van der Waals surface area contributed by atoms with Crippen molar-refractivity contribution < 1.29 is 9.59 Å². The summed E-state index contributed by atoms with van der Waals surface area (Å²) in [6, 6.07) is 7.97. The highest BCUT2D eigenvalue weighted by molar-refractivity contribution is 5.94. The molecule has 25 heavy (non-hydrogen) atoms. The Balaban J connectivity index is 2.04. The topological polar surface area (TPSA) is 52.7 Å². The minimum absolute atomic E-state index is 0.00604. The van der Waals surface area contributed by atoms with Gasteiger partial charge in [-0.05, 0) is 37.1 Å². The summed E-state index contributed by atoms with van der Waals surface area (Å²) in [6.45, 7) is 9.13. The summed E-state index contributed by atoms with van der Waals surface area (Å²) in [6.07, 6.45) is 1.98. The van der Waals surface area contributed by atoms with Gasteiger partial charge in [0, 0.05) is 44.2 Å². The first kappa shape index (κ1) is 19.4. The van der Waals surface area contributed by atoms with E-state index in [0.717, 1.165) is 43.6 Å². The van der Waals surface area contributed by atoms with Gasteiger partial charge in [-0.15, -0.1) is 0 Å². The zero-order valence-corrected chi connectivity index (χ0v) is 15.9. The van der Waals surface area contributed by atoms with Gasteiger partial charge in [0.2, 0.25) is 5.91 Å². The fraction of sp³-hybridized carbons (Fsp3) is 0.600. The molecule has 0 aromatic heterocycles. The van der Waals surface area contributed by atoms with Gasteiger partial charge < -0.3 is 15.1 Å². The van der Waals surface area contributed by atoms with Crippen LogP contribution in [0.4, 0.5) is 0 Å². The smallest absolute Gasteiger partial charge is 0.254 e. The molecule has 5 nitrogen and oxygen atoms in total. The van der Waals surface area contributed by atoms with Gasteiger partial charge in [-0.1, -0.05) is 32.9 Å². The lowest BCUT2D eigenvalue weighted by atomic mass is 10.1. The monoisotopic (exact) mass is 345 g/mol. The lowest BCUT2D eigenvalue weighted by Crippen LogP contribution is -2.42. The standard InChI is InChI=1S/C20H31N3O2/c1-5-12-23(18-10-11-21-13-18)20(25)17-8-6-16(7-9-17)14-22(4)19(24)15(2)3/h6-9,15,18,21H,5,10-14H2,1-4H3. The molecular weight excluding hydrogens is 314 g/mol. The van der Waals surface area contributed by atoms with Crippen molar-refractivity contribution in [1.29, 1.82) is 0 Å². The third kappa shape index (κ3) is 5.05. The van der Waals surface area contributed by atoms with Crippen LogP contribution in [0.3, 0.4) is 0 Å². The molecule has 0 bridgehead atoms. The van der Waals surface area contributed by atoms with Crippen LogP contribution in [0.25, 0.3) is 0 Å². The van der Waals surface area contributed by atoms with Gasteiger partial charge in [-0.2, -0.15) is 0 Å². The molecule has 138 valence electrons. The van der Waals surface area contributed by atoms with Crippen molar-refractivity contribution in [2.75, 3.05) is 26.7 Å². The minimum Gasteiger partial charge on any atom is -0.341 e. The third-order valence-electron chi connectivity index (χ3n) is 4.69. The van der Waals surface area contributed by atoms with E-state index < -0.39 is 0 Å². The first-order valence-corrected chi connectivity index (χ1v) is 9.29. The average Bonchev–Trinajstić information content (AvgIpc) is 3.13. The van der Waals surface area contributed by atoms with Gasteiger partial charge in [0.05, 0.1) is 0 Å². The largest absolute Gasteiger partial charge is 0.341 e. The molecule has 0 aliphatic carbocycles. The Labute approximate surface area is 151 Å². The quantitative estimate of drug-likeness (QED) is 0.826. The second kappa shape index (κ2) is 8.99. The van der Waals surface area contributed by atoms with Gasteiger partial charge in [0.25, 0.3) is 5.91 Å². The molecule has 1 aromatic carbocycles. The number of rotatable bonds is 7. The maximum Gasteiger partial charge on any atom is 0.254 e. The molecule has 1 N–H and O–H groups in total. The number of hydrogen-bond donors (Lipinski definition) is 1. The number of nitrogens with one attached hydrogen (secondary N) is 1. The summed E-state index contributed by atoms with van der Waals surface area (Å²) < 4.78 is 0. The molecule has 1 fully saturated rings. The predicted molar refractivity (Wildman–Crippen MR) is 100 cm³/mol. The molecule has 1 saturated heterocycles. The molecule has 5 heteroatoms. The Morgan fingerprint density at radius 1 is 1.24 bits per heavy atom. The summed E-state index contributed by atoms with van der Waals surface area (Å²) in [5.41, 5.74) is 1.76. The van der Waals surface area contributed by atoms with E-state index in [1.165, 1.54) is 0 Å². The number of nitrogens with zero attached hydrogens (tertiary/aromatic N) is 2. The first-order chi connectivity index (χ1) is 11.9. The van der Waals surface area contributed by atoms with Crippen LogP contribution in [0.15, 0.2) is 24.3 Å². The molecule has 1 heterocycles. The highest BCUT2D eigenvalue weighted by atomic mass is 16.2. The van der Waals surface area contributed by atoms with Crippen LogP contribution in [0, 0.1) is 5.92 Å². The number of carbonyl (C=O) groups is 2. The van der Waals surface area contributed by atoms with Crippen LogP contribution in [0.5, 0.6) is 0 Å². The Kier molecular flexibility index (Phi) is 7.00. The minimum atomic E-state index is -0.00604. The van der Waals surface area contributed by atoms with Crippen molar-refractivity contribution >= 4 is 11.8 Å². The molecule has 0 saturated carbocycles. The lowest BCUT2D eigenvalue weighted by Gasteiger charge is -2.28. The summed E-state index contributed by atoms with van der Waals surface area (Å²) in [5, 5.41) is 3.34. The normalized spacial score (nSPS) is 16.9. The number of benzene rings is 1. The van der Waals surface area contributed by atoms with E-state index in [-0.39, 0.29) is 17.7 Å². The van der Waals surface area contributed by atoms with Crippen LogP contribution >= 0.6 is 0 Å². The van der Waals surface area contributed by atoms with Crippen LogP contribution < -0.4 is 5.32 Å². The van der Waals surface area contributed by atoms with Crippen LogP contribution in [-0.2, 0) is 11.3 Å². The van der Waals surface area contributed by atoms with E-state index in [2.05, 4.69) is 12.2 Å². The predicted octanol–water partition coefficient (Wildman–Crippen LogP) is 2.52. The van der Waals surface area contributed by atoms with Crippen LogP contribution in [0.1, 0.15) is 49.5 Å². The Hall–Kier alpha value is -1.88. The Morgan fingerprint density at radius 2 is 1.92 bits per heavy atom. The highest BCUT2D eigenvalue weighted by Crippen LogP contribution is 2.16. The van der Waals surface area contributed by atoms with Crippen molar-refractivity contribution in [3.05, 3.63) is 35.4 Å². The molecule has 1 aromatic rings. The van der Waals surface area contributed by atoms with E-state index >= 15 is 0 Å². The SMILES string of the molecule is CCCN(C(=O)c1ccc(CN(C)C(=O)C(C)C)cc1)C1CCNC1. The number of amides is 2. The van der Waals surface area contributed by atoms with Crippen molar-refractivity contribution in [3.8, 4) is 0 Å². The van der Waals surface area contributed by atoms with Crippen molar-refractivity contribution in [1.82, 2.24) is 15.1 Å². The van der Waals surface area contributed by atoms with E-state index in [0.29, 0.717) is 12.6 Å². The van der Waals surface area contributed by atoms with Gasteiger partial charge in [-0.25, -0.2) is 0 Å². The molecule has 2 amide bonds. The molecule has 1 aliphatic rings. The van der Waals surface area contributed by atoms with E-state index in [1.807, 2.05) is 50.1 Å². The first-order valence-electron chi connectivity index (χ1n) is 9.29. The molecular formula is C20H31N3O2. The maximum absolute atomic E-state index is 12.9. The van der Waals surface area contributed by atoms with Crippen LogP contribution in [-0.4, -0.2) is 54.3 Å². The summed E-state index contributed by atoms with van der Waals surface area (Å²) in [7, 11) is 1.82. The molecule has 0 spiro atoms. The third-order valence-corrected chi connectivity index (χ3v) is 4.69. The second-order valence-electron chi connectivity index (χ2n) is 7.19. The lowest BCUT2D eigenvalue weighted by molar-refractivity contribution is -0.133. The van der Waals surface area contributed by atoms with E-state index in [1.54, 1.807) is 4.90 Å². The molecule has 1 atom stereocenters. The summed E-state index contributed by atoms with van der Waals surface area (Å²) in [4.78, 5) is 28.6. The van der Waals surface area contributed by atoms with Crippen molar-refractivity contribution in [2.45, 2.75) is 46.2 Å². The highest BCUT2D eigenvalue weighted by Gasteiger charge is 2.26. The van der Waals surface area contributed by atoms with Gasteiger partial charge in [-0.3, -0.25) is 9.59 Å². The molecule has 2 rings (SSSR count). The fourth-order valence-electron chi connectivity index (χ4n) is 3.31. The number of hydrogen-bond acceptors (Lipinski definition) is 3. The van der Waals surface area contributed by atoms with Crippen molar-refractivity contribution in [3.63, 3.8) is 0 Å². The number of carbonyl (C=O) groups excluding carboxylic acids is 2. The van der Waals surface area contributed by atoms with E-state index in [9.17, 15) is 9.59 Å². The van der Waals surface area contributed by atoms with Crippen LogP contribution in [0.2, 0.25) is 0 Å². The summed E-state index contributed by atoms with van der Waals surface area (Å²) >= 11 is 0. The zero-order valence-electron chi connectivity index (χ0n) is 15.9. The van der Waals surface area contributed by atoms with Gasteiger partial charge in [0.1, 0.15) is 0 Å². The Bertz CT molecular complexity index is 577. The van der Waals surface area contributed by atoms with Gasteiger partial charge in [0.15, 0.2) is 0 Å². The molecule has 1 aliphatic heterocycles. The molecule has 0 radical (unpaired) electrons. The van der Waals surface area contributed by atoms with E-state index in [4.69, 9.17) is 0 Å².